The van der Waals surface area contributed by atoms with E-state index in [1.54, 1.807) is 0 Å². The van der Waals surface area contributed by atoms with E-state index in [0.717, 1.165) is 16.8 Å². The van der Waals surface area contributed by atoms with Crippen LogP contribution >= 0.6 is 0 Å². The van der Waals surface area contributed by atoms with Crippen LogP contribution in [0.5, 0.6) is 0 Å². The van der Waals surface area contributed by atoms with Gasteiger partial charge in [0, 0.05) is 25.3 Å². The number of nitrogens with zero attached hydrogens (tertiary/aromatic N) is 4. The highest BCUT2D eigenvalue weighted by atomic mass is 15.1. The summed E-state index contributed by atoms with van der Waals surface area (Å²) in [6.45, 7) is 1.96. The molecule has 1 aromatic heterocycles. The van der Waals surface area contributed by atoms with Gasteiger partial charge in [-0.1, -0.05) is 6.07 Å². The Kier molecular flexibility index (Phi) is 3.44. The average Bonchev–Trinajstić information content (AvgIpc) is 2.37. The van der Waals surface area contributed by atoms with Gasteiger partial charge in [-0.3, -0.25) is 0 Å². The minimum atomic E-state index is 0.0626. The quantitative estimate of drug-likeness (QED) is 0.856. The molecule has 0 unspecified atom stereocenters. The summed E-state index contributed by atoms with van der Waals surface area (Å²) in [6.07, 6.45) is 0. The van der Waals surface area contributed by atoms with Crippen molar-refractivity contribution in [2.24, 2.45) is 0 Å². The van der Waals surface area contributed by atoms with Gasteiger partial charge in [0.2, 0.25) is 5.95 Å². The SMILES string of the molecule is Cc1cc(N(C)C)ccc1-c1nc(N)nc(N)c1C#N. The second kappa shape index (κ2) is 5.05. The summed E-state index contributed by atoms with van der Waals surface area (Å²) in [5, 5.41) is 9.23. The van der Waals surface area contributed by atoms with Gasteiger partial charge in [-0.2, -0.15) is 10.2 Å². The van der Waals surface area contributed by atoms with Gasteiger partial charge in [0.25, 0.3) is 0 Å². The molecule has 0 saturated carbocycles. The number of rotatable bonds is 2. The lowest BCUT2D eigenvalue weighted by Crippen LogP contribution is -2.09. The van der Waals surface area contributed by atoms with Gasteiger partial charge in [0.05, 0.1) is 5.69 Å². The Morgan fingerprint density at radius 1 is 1.20 bits per heavy atom. The zero-order valence-corrected chi connectivity index (χ0v) is 11.7. The van der Waals surface area contributed by atoms with Crippen molar-refractivity contribution in [3.8, 4) is 17.3 Å². The predicted molar refractivity (Wildman–Crippen MR) is 80.1 cm³/mol. The summed E-state index contributed by atoms with van der Waals surface area (Å²) in [6, 6.07) is 7.92. The minimum absolute atomic E-state index is 0.0626. The zero-order valence-electron chi connectivity index (χ0n) is 11.7. The largest absolute Gasteiger partial charge is 0.382 e. The fourth-order valence-electron chi connectivity index (χ4n) is 1.99. The molecule has 4 N–H and O–H groups in total. The highest BCUT2D eigenvalue weighted by Crippen LogP contribution is 2.30. The average molecular weight is 268 g/mol. The van der Waals surface area contributed by atoms with Gasteiger partial charge in [0.1, 0.15) is 17.5 Å². The standard InChI is InChI=1S/C14H16N6/c1-8-6-9(20(2)3)4-5-10(8)12-11(7-15)13(16)19-14(17)18-12/h4-6H,1-3H3,(H4,16,17,18,19). The molecule has 0 amide bonds. The van der Waals surface area contributed by atoms with E-state index in [4.69, 9.17) is 11.5 Å². The van der Waals surface area contributed by atoms with Gasteiger partial charge in [-0.05, 0) is 24.6 Å². The number of aryl methyl sites for hydroxylation is 1. The van der Waals surface area contributed by atoms with Crippen LogP contribution in [-0.2, 0) is 0 Å². The Balaban J connectivity index is 2.66. The maximum absolute atomic E-state index is 9.23. The molecular formula is C14H16N6. The Morgan fingerprint density at radius 3 is 2.45 bits per heavy atom. The van der Waals surface area contributed by atoms with E-state index in [1.165, 1.54) is 0 Å². The van der Waals surface area contributed by atoms with Gasteiger partial charge in [0.15, 0.2) is 0 Å². The van der Waals surface area contributed by atoms with E-state index in [-0.39, 0.29) is 17.3 Å². The first kappa shape index (κ1) is 13.6. The Hall–Kier alpha value is -2.81. The minimum Gasteiger partial charge on any atom is -0.382 e. The van der Waals surface area contributed by atoms with Crippen LogP contribution in [0, 0.1) is 18.3 Å². The first-order valence-electron chi connectivity index (χ1n) is 6.05. The predicted octanol–water partition coefficient (Wildman–Crippen LogP) is 1.55. The number of aromatic nitrogens is 2. The van der Waals surface area contributed by atoms with Crippen LogP contribution < -0.4 is 16.4 Å². The molecule has 2 rings (SSSR count). The molecule has 0 aliphatic heterocycles. The Morgan fingerprint density at radius 2 is 1.90 bits per heavy atom. The molecule has 0 aliphatic carbocycles. The van der Waals surface area contributed by atoms with Crippen molar-refractivity contribution in [2.75, 3.05) is 30.5 Å². The molecule has 0 aliphatic rings. The maximum Gasteiger partial charge on any atom is 0.222 e. The fourth-order valence-corrected chi connectivity index (χ4v) is 1.99. The number of nitriles is 1. The lowest BCUT2D eigenvalue weighted by Gasteiger charge is -2.15. The molecule has 6 heteroatoms. The van der Waals surface area contributed by atoms with Gasteiger partial charge < -0.3 is 16.4 Å². The molecule has 6 nitrogen and oxygen atoms in total. The normalized spacial score (nSPS) is 10.1. The van der Waals surface area contributed by atoms with Crippen LogP contribution in [-0.4, -0.2) is 24.1 Å². The number of nitrogen functional groups attached to an aromatic ring is 2. The molecule has 20 heavy (non-hydrogen) atoms. The second-order valence-corrected chi connectivity index (χ2v) is 4.70. The second-order valence-electron chi connectivity index (χ2n) is 4.70. The maximum atomic E-state index is 9.23. The van der Waals surface area contributed by atoms with Gasteiger partial charge in [-0.25, -0.2) is 4.98 Å². The molecule has 1 heterocycles. The molecule has 0 radical (unpaired) electrons. The number of nitrogens with two attached hydrogens (primary N) is 2. The highest BCUT2D eigenvalue weighted by Gasteiger charge is 2.15. The van der Waals surface area contributed by atoms with E-state index < -0.39 is 0 Å². The first-order chi connectivity index (χ1) is 9.43. The third kappa shape index (κ3) is 2.34. The summed E-state index contributed by atoms with van der Waals surface area (Å²) in [5.41, 5.74) is 15.0. The van der Waals surface area contributed by atoms with Crippen LogP contribution in [0.15, 0.2) is 18.2 Å². The van der Waals surface area contributed by atoms with Gasteiger partial charge in [-0.15, -0.1) is 0 Å². The summed E-state index contributed by atoms with van der Waals surface area (Å²) in [4.78, 5) is 9.99. The van der Waals surface area contributed by atoms with Crippen molar-refractivity contribution < 1.29 is 0 Å². The van der Waals surface area contributed by atoms with Crippen molar-refractivity contribution in [3.63, 3.8) is 0 Å². The van der Waals surface area contributed by atoms with Crippen LogP contribution in [0.1, 0.15) is 11.1 Å². The number of hydrogen-bond donors (Lipinski definition) is 2. The summed E-state index contributed by atoms with van der Waals surface area (Å²) in [5.74, 6) is 0.165. The topological polar surface area (TPSA) is 105 Å². The number of anilines is 3. The van der Waals surface area contributed by atoms with Crippen LogP contribution in [0.25, 0.3) is 11.3 Å². The molecule has 102 valence electrons. The summed E-state index contributed by atoms with van der Waals surface area (Å²) < 4.78 is 0. The van der Waals surface area contributed by atoms with E-state index in [1.807, 2.05) is 50.2 Å². The van der Waals surface area contributed by atoms with Crippen LogP contribution in [0.2, 0.25) is 0 Å². The Labute approximate surface area is 117 Å². The smallest absolute Gasteiger partial charge is 0.222 e. The first-order valence-corrected chi connectivity index (χ1v) is 6.05. The van der Waals surface area contributed by atoms with E-state index in [2.05, 4.69) is 9.97 Å². The van der Waals surface area contributed by atoms with Crippen molar-refractivity contribution in [2.45, 2.75) is 6.92 Å². The molecule has 0 fully saturated rings. The molecular weight excluding hydrogens is 252 g/mol. The molecule has 2 aromatic rings. The lowest BCUT2D eigenvalue weighted by atomic mass is 10.0. The molecule has 0 bridgehead atoms. The highest BCUT2D eigenvalue weighted by molar-refractivity contribution is 5.76. The van der Waals surface area contributed by atoms with Crippen LogP contribution in [0.4, 0.5) is 17.5 Å². The number of hydrogen-bond acceptors (Lipinski definition) is 6. The zero-order chi connectivity index (χ0) is 14.9. The molecule has 0 spiro atoms. The molecule has 0 atom stereocenters. The van der Waals surface area contributed by atoms with Crippen molar-refractivity contribution in [1.29, 1.82) is 5.26 Å². The fraction of sp³-hybridized carbons (Fsp3) is 0.214. The lowest BCUT2D eigenvalue weighted by molar-refractivity contribution is 1.12. The third-order valence-corrected chi connectivity index (χ3v) is 3.05. The van der Waals surface area contributed by atoms with Crippen molar-refractivity contribution in [3.05, 3.63) is 29.3 Å². The van der Waals surface area contributed by atoms with E-state index >= 15 is 0 Å². The third-order valence-electron chi connectivity index (χ3n) is 3.05. The van der Waals surface area contributed by atoms with Crippen molar-refractivity contribution >= 4 is 17.5 Å². The summed E-state index contributed by atoms with van der Waals surface area (Å²) >= 11 is 0. The van der Waals surface area contributed by atoms with Crippen LogP contribution in [0.3, 0.4) is 0 Å². The van der Waals surface area contributed by atoms with Crippen molar-refractivity contribution in [1.82, 2.24) is 9.97 Å². The van der Waals surface area contributed by atoms with Gasteiger partial charge >= 0.3 is 0 Å². The molecule has 1 aromatic carbocycles. The van der Waals surface area contributed by atoms with E-state index in [0.29, 0.717) is 5.69 Å². The molecule has 0 saturated heterocycles. The Bertz CT molecular complexity index is 700. The van der Waals surface area contributed by atoms with E-state index in [9.17, 15) is 5.26 Å². The summed E-state index contributed by atoms with van der Waals surface area (Å²) in [7, 11) is 3.94. The monoisotopic (exact) mass is 268 g/mol. The number of benzene rings is 1.